The number of cyclic esters (lactones) is 1. The van der Waals surface area contributed by atoms with Crippen LogP contribution >= 0.6 is 0 Å². The normalized spacial score (nSPS) is 18.2. The summed E-state index contributed by atoms with van der Waals surface area (Å²) in [4.78, 5) is 14.3. The molecule has 0 aliphatic carbocycles. The summed E-state index contributed by atoms with van der Waals surface area (Å²) < 4.78 is 45.6. The van der Waals surface area contributed by atoms with Gasteiger partial charge in [0, 0.05) is 24.7 Å². The van der Waals surface area contributed by atoms with Crippen molar-refractivity contribution in [2.75, 3.05) is 18.0 Å². The summed E-state index contributed by atoms with van der Waals surface area (Å²) in [6.07, 6.45) is 2.65. The first-order valence-corrected chi connectivity index (χ1v) is 11.7. The van der Waals surface area contributed by atoms with Gasteiger partial charge in [-0.05, 0) is 55.2 Å². The van der Waals surface area contributed by atoms with Gasteiger partial charge in [0.2, 0.25) is 10.0 Å². The number of benzene rings is 2. The lowest BCUT2D eigenvalue weighted by Crippen LogP contribution is -2.50. The van der Waals surface area contributed by atoms with E-state index in [-0.39, 0.29) is 36.7 Å². The van der Waals surface area contributed by atoms with E-state index in [1.54, 1.807) is 4.90 Å². The predicted molar refractivity (Wildman–Crippen MR) is 111 cm³/mol. The molecule has 0 aromatic heterocycles. The number of fused-ring (bicyclic) bond motifs is 1. The van der Waals surface area contributed by atoms with E-state index in [0.29, 0.717) is 12.8 Å². The minimum Gasteiger partial charge on any atom is -0.444 e. The fourth-order valence-electron chi connectivity index (χ4n) is 4.18. The Morgan fingerprint density at radius 1 is 1.10 bits per heavy atom. The Labute approximate surface area is 176 Å². The molecule has 4 rings (SSSR count). The first-order chi connectivity index (χ1) is 14.4. The summed E-state index contributed by atoms with van der Waals surface area (Å²) in [6.45, 7) is 2.97. The molecule has 1 amide bonds. The molecule has 2 aliphatic rings. The molecule has 2 aromatic carbocycles. The van der Waals surface area contributed by atoms with Gasteiger partial charge in [-0.1, -0.05) is 25.5 Å². The molecule has 160 valence electrons. The molecule has 0 spiro atoms. The van der Waals surface area contributed by atoms with Crippen LogP contribution < -0.4 is 4.90 Å². The number of amides is 1. The molecule has 0 unspecified atom stereocenters. The highest BCUT2D eigenvalue weighted by Crippen LogP contribution is 2.33. The number of hydrogen-bond acceptors (Lipinski definition) is 4. The Hall–Kier alpha value is -2.45. The smallest absolute Gasteiger partial charge is 0.414 e. The summed E-state index contributed by atoms with van der Waals surface area (Å²) in [5.41, 5.74) is 3.06. The minimum atomic E-state index is -3.69. The van der Waals surface area contributed by atoms with Crippen LogP contribution in [0.3, 0.4) is 0 Å². The first kappa shape index (κ1) is 20.8. The van der Waals surface area contributed by atoms with Crippen LogP contribution in [0.4, 0.5) is 14.9 Å². The van der Waals surface area contributed by atoms with Crippen molar-refractivity contribution in [1.82, 2.24) is 4.31 Å². The Bertz CT molecular complexity index is 1030. The minimum absolute atomic E-state index is 0.0773. The van der Waals surface area contributed by atoms with Crippen molar-refractivity contribution < 1.29 is 22.3 Å². The number of piperidine rings is 1. The lowest BCUT2D eigenvalue weighted by molar-refractivity contribution is 0.135. The lowest BCUT2D eigenvalue weighted by Gasteiger charge is -2.39. The van der Waals surface area contributed by atoms with Crippen molar-refractivity contribution in [3.63, 3.8) is 0 Å². The zero-order valence-electron chi connectivity index (χ0n) is 16.9. The molecule has 2 aliphatic heterocycles. The van der Waals surface area contributed by atoms with Crippen molar-refractivity contribution in [3.8, 4) is 0 Å². The second-order valence-corrected chi connectivity index (χ2v) is 9.66. The Balaban J connectivity index is 1.50. The van der Waals surface area contributed by atoms with Gasteiger partial charge in [-0.15, -0.1) is 0 Å². The molecule has 0 N–H and O–H groups in total. The monoisotopic (exact) mass is 432 g/mol. The highest BCUT2D eigenvalue weighted by atomic mass is 32.2. The summed E-state index contributed by atoms with van der Waals surface area (Å²) in [7, 11) is -3.69. The van der Waals surface area contributed by atoms with Crippen LogP contribution in [0.15, 0.2) is 47.4 Å². The summed E-state index contributed by atoms with van der Waals surface area (Å²) in [5, 5.41) is 0. The molecule has 6 nitrogen and oxygen atoms in total. The first-order valence-electron chi connectivity index (χ1n) is 10.2. The fraction of sp³-hybridized carbons (Fsp3) is 0.409. The molecule has 1 fully saturated rings. The van der Waals surface area contributed by atoms with Crippen LogP contribution in [0.2, 0.25) is 0 Å². The highest BCUT2D eigenvalue weighted by molar-refractivity contribution is 7.89. The zero-order valence-corrected chi connectivity index (χ0v) is 17.7. The van der Waals surface area contributed by atoms with Crippen molar-refractivity contribution in [1.29, 1.82) is 0 Å². The van der Waals surface area contributed by atoms with E-state index < -0.39 is 15.8 Å². The van der Waals surface area contributed by atoms with Crippen molar-refractivity contribution in [2.24, 2.45) is 0 Å². The molecule has 0 bridgehead atoms. The number of aryl methyl sites for hydroxylation is 1. The van der Waals surface area contributed by atoms with Gasteiger partial charge in [-0.3, -0.25) is 4.90 Å². The van der Waals surface area contributed by atoms with Gasteiger partial charge in [0.15, 0.2) is 0 Å². The Morgan fingerprint density at radius 2 is 1.80 bits per heavy atom. The number of anilines is 1. The molecule has 30 heavy (non-hydrogen) atoms. The van der Waals surface area contributed by atoms with Gasteiger partial charge in [0.05, 0.1) is 10.6 Å². The van der Waals surface area contributed by atoms with Crippen LogP contribution in [0.5, 0.6) is 0 Å². The van der Waals surface area contributed by atoms with Crippen molar-refractivity contribution in [3.05, 3.63) is 59.4 Å². The maximum atomic E-state index is 13.1. The number of sulfonamides is 1. The van der Waals surface area contributed by atoms with Gasteiger partial charge in [0.25, 0.3) is 0 Å². The van der Waals surface area contributed by atoms with Crippen LogP contribution in [0.25, 0.3) is 0 Å². The summed E-state index contributed by atoms with van der Waals surface area (Å²) in [6, 6.07) is 10.8. The number of halogens is 1. The van der Waals surface area contributed by atoms with Crippen LogP contribution in [0, 0.1) is 5.82 Å². The third-order valence-corrected chi connectivity index (χ3v) is 7.64. The SMILES string of the molecule is CCCc1ccc2c(c1)COC(=O)N2C1CCN(S(=O)(=O)c2ccc(F)cc2)CC1. The molecular formula is C22H25FN2O4S. The number of hydrogen-bond donors (Lipinski definition) is 0. The molecule has 1 saturated heterocycles. The van der Waals surface area contributed by atoms with Gasteiger partial charge in [0.1, 0.15) is 12.4 Å². The molecule has 0 saturated carbocycles. The van der Waals surface area contributed by atoms with Crippen LogP contribution in [-0.2, 0) is 27.8 Å². The molecule has 8 heteroatoms. The van der Waals surface area contributed by atoms with Crippen LogP contribution in [0.1, 0.15) is 37.3 Å². The Morgan fingerprint density at radius 3 is 2.47 bits per heavy atom. The average molecular weight is 433 g/mol. The fourth-order valence-corrected chi connectivity index (χ4v) is 5.65. The molecule has 0 radical (unpaired) electrons. The van der Waals surface area contributed by atoms with Crippen molar-refractivity contribution >= 4 is 21.8 Å². The predicted octanol–water partition coefficient (Wildman–Crippen LogP) is 4.09. The Kier molecular flexibility index (Phi) is 5.79. The van der Waals surface area contributed by atoms with E-state index in [2.05, 4.69) is 13.0 Å². The van der Waals surface area contributed by atoms with Crippen molar-refractivity contribution in [2.45, 2.75) is 50.2 Å². The average Bonchev–Trinajstić information content (AvgIpc) is 2.74. The number of carbonyl (C=O) groups excluding carboxylic acids is 1. The van der Waals surface area contributed by atoms with E-state index in [4.69, 9.17) is 4.74 Å². The second kappa shape index (κ2) is 8.35. The zero-order chi connectivity index (χ0) is 21.3. The summed E-state index contributed by atoms with van der Waals surface area (Å²) in [5.74, 6) is -0.475. The molecule has 2 aromatic rings. The van der Waals surface area contributed by atoms with Gasteiger partial charge < -0.3 is 4.74 Å². The third-order valence-electron chi connectivity index (χ3n) is 5.73. The maximum Gasteiger partial charge on any atom is 0.414 e. The highest BCUT2D eigenvalue weighted by Gasteiger charge is 2.37. The van der Waals surface area contributed by atoms with E-state index in [1.807, 2.05) is 12.1 Å². The van der Waals surface area contributed by atoms with Crippen LogP contribution in [-0.4, -0.2) is 37.9 Å². The standard InChI is InChI=1S/C22H25FN2O4S/c1-2-3-16-4-9-21-17(14-16)15-29-22(26)25(21)19-10-12-24(13-11-19)30(27,28)20-7-5-18(23)6-8-20/h4-9,14,19H,2-3,10-13,15H2,1H3. The molecular weight excluding hydrogens is 407 g/mol. The van der Waals surface area contributed by atoms with E-state index in [9.17, 15) is 17.6 Å². The van der Waals surface area contributed by atoms with Gasteiger partial charge >= 0.3 is 6.09 Å². The quantitative estimate of drug-likeness (QED) is 0.714. The topological polar surface area (TPSA) is 66.9 Å². The van der Waals surface area contributed by atoms with E-state index in [0.717, 1.165) is 36.2 Å². The van der Waals surface area contributed by atoms with E-state index >= 15 is 0 Å². The number of carbonyl (C=O) groups is 1. The maximum absolute atomic E-state index is 13.1. The van der Waals surface area contributed by atoms with Gasteiger partial charge in [-0.2, -0.15) is 4.31 Å². The number of ether oxygens (including phenoxy) is 1. The largest absolute Gasteiger partial charge is 0.444 e. The third kappa shape index (κ3) is 3.94. The molecule has 2 heterocycles. The second-order valence-electron chi connectivity index (χ2n) is 7.73. The summed E-state index contributed by atoms with van der Waals surface area (Å²) >= 11 is 0. The lowest BCUT2D eigenvalue weighted by atomic mass is 10.00. The number of nitrogens with zero attached hydrogens (tertiary/aromatic N) is 2. The van der Waals surface area contributed by atoms with E-state index in [1.165, 1.54) is 22.0 Å². The number of rotatable bonds is 5. The van der Waals surface area contributed by atoms with Gasteiger partial charge in [-0.25, -0.2) is 17.6 Å². The molecule has 0 atom stereocenters.